The Kier molecular flexibility index (Phi) is 6.34. The van der Waals surface area contributed by atoms with E-state index in [1.165, 1.54) is 0 Å². The minimum atomic E-state index is -3.93. The fourth-order valence-corrected chi connectivity index (χ4v) is 4.05. The van der Waals surface area contributed by atoms with Crippen LogP contribution in [0.15, 0.2) is 65.6 Å². The topological polar surface area (TPSA) is 75.3 Å². The quantitative estimate of drug-likeness (QED) is 0.610. The summed E-state index contributed by atoms with van der Waals surface area (Å²) in [6.45, 7) is 5.69. The summed E-state index contributed by atoms with van der Waals surface area (Å²) in [6.07, 6.45) is 0. The van der Waals surface area contributed by atoms with Gasteiger partial charge < -0.3 is 5.32 Å². The predicted molar refractivity (Wildman–Crippen MR) is 115 cm³/mol. The predicted octanol–water partition coefficient (Wildman–Crippen LogP) is 4.48. The molecule has 5 nitrogen and oxygen atoms in total. The first-order chi connectivity index (χ1) is 14.2. The van der Waals surface area contributed by atoms with E-state index in [-0.39, 0.29) is 17.0 Å². The molecule has 3 rings (SSSR count). The lowest BCUT2D eigenvalue weighted by atomic mass is 10.1. The van der Waals surface area contributed by atoms with Crippen LogP contribution in [-0.4, -0.2) is 14.3 Å². The second-order valence-electron chi connectivity index (χ2n) is 7.17. The zero-order valence-corrected chi connectivity index (χ0v) is 17.8. The first kappa shape index (κ1) is 21.7. The fourth-order valence-electron chi connectivity index (χ4n) is 3.01. The molecule has 0 bridgehead atoms. The zero-order valence-electron chi connectivity index (χ0n) is 17.0. The third-order valence-corrected chi connectivity index (χ3v) is 6.20. The van der Waals surface area contributed by atoms with Crippen LogP contribution in [0.3, 0.4) is 0 Å². The van der Waals surface area contributed by atoms with Gasteiger partial charge in [0.1, 0.15) is 5.82 Å². The van der Waals surface area contributed by atoms with Gasteiger partial charge in [-0.15, -0.1) is 0 Å². The van der Waals surface area contributed by atoms with Crippen molar-refractivity contribution < 1.29 is 17.6 Å². The van der Waals surface area contributed by atoms with Crippen molar-refractivity contribution in [3.8, 4) is 0 Å². The molecule has 0 fully saturated rings. The lowest BCUT2D eigenvalue weighted by Gasteiger charge is -2.13. The summed E-state index contributed by atoms with van der Waals surface area (Å²) in [6, 6.07) is 16.1. The van der Waals surface area contributed by atoms with Gasteiger partial charge in [0, 0.05) is 12.2 Å². The van der Waals surface area contributed by atoms with E-state index in [0.29, 0.717) is 5.69 Å². The summed E-state index contributed by atoms with van der Waals surface area (Å²) in [7, 11) is -3.93. The number of sulfonamides is 1. The minimum absolute atomic E-state index is 0.0872. The Morgan fingerprint density at radius 2 is 1.57 bits per heavy atom. The SMILES string of the molecule is Cc1ccc(CNS(=O)(=O)c2ccc(F)c(C(=O)Nc3c(C)cccc3C)c2)cc1. The number of benzene rings is 3. The van der Waals surface area contributed by atoms with Crippen LogP contribution in [0.1, 0.15) is 32.6 Å². The third-order valence-electron chi connectivity index (χ3n) is 4.80. The van der Waals surface area contributed by atoms with Crippen molar-refractivity contribution in [2.75, 3.05) is 5.32 Å². The van der Waals surface area contributed by atoms with Crippen LogP contribution in [0.4, 0.5) is 10.1 Å². The van der Waals surface area contributed by atoms with Crippen LogP contribution in [0.25, 0.3) is 0 Å². The number of halogens is 1. The Bertz CT molecular complexity index is 1170. The zero-order chi connectivity index (χ0) is 21.9. The van der Waals surface area contributed by atoms with Gasteiger partial charge in [-0.2, -0.15) is 0 Å². The van der Waals surface area contributed by atoms with Gasteiger partial charge in [0.2, 0.25) is 10.0 Å². The smallest absolute Gasteiger partial charge is 0.258 e. The second-order valence-corrected chi connectivity index (χ2v) is 8.94. The van der Waals surface area contributed by atoms with Gasteiger partial charge in [-0.3, -0.25) is 4.79 Å². The van der Waals surface area contributed by atoms with Crippen LogP contribution < -0.4 is 10.0 Å². The standard InChI is InChI=1S/C23H23FN2O3S/c1-15-7-9-18(10-8-15)14-25-30(28,29)19-11-12-21(24)20(13-19)23(27)26-22-16(2)5-4-6-17(22)3/h4-13,25H,14H2,1-3H3,(H,26,27). The van der Waals surface area contributed by atoms with E-state index in [1.54, 1.807) is 0 Å². The van der Waals surface area contributed by atoms with Crippen LogP contribution >= 0.6 is 0 Å². The number of hydrogen-bond acceptors (Lipinski definition) is 3. The highest BCUT2D eigenvalue weighted by molar-refractivity contribution is 7.89. The number of aryl methyl sites for hydroxylation is 3. The Balaban J connectivity index is 1.83. The maximum absolute atomic E-state index is 14.3. The number of carbonyl (C=O) groups excluding carboxylic acids is 1. The Morgan fingerprint density at radius 3 is 2.20 bits per heavy atom. The molecule has 0 aliphatic heterocycles. The van der Waals surface area contributed by atoms with Crippen LogP contribution in [0, 0.1) is 26.6 Å². The van der Waals surface area contributed by atoms with E-state index in [0.717, 1.165) is 40.5 Å². The van der Waals surface area contributed by atoms with Crippen molar-refractivity contribution in [3.63, 3.8) is 0 Å². The van der Waals surface area contributed by atoms with E-state index in [2.05, 4.69) is 10.0 Å². The molecule has 0 unspecified atom stereocenters. The Labute approximate surface area is 176 Å². The molecule has 3 aromatic carbocycles. The summed E-state index contributed by atoms with van der Waals surface area (Å²) in [4.78, 5) is 12.5. The first-order valence-corrected chi connectivity index (χ1v) is 10.9. The molecule has 0 radical (unpaired) electrons. The molecule has 0 saturated heterocycles. The third kappa shape index (κ3) is 4.93. The van der Waals surface area contributed by atoms with Gasteiger partial charge >= 0.3 is 0 Å². The largest absolute Gasteiger partial charge is 0.321 e. The monoisotopic (exact) mass is 426 g/mol. The van der Waals surface area contributed by atoms with E-state index >= 15 is 0 Å². The summed E-state index contributed by atoms with van der Waals surface area (Å²) in [5.41, 5.74) is 3.75. The molecule has 1 amide bonds. The average molecular weight is 427 g/mol. The molecule has 7 heteroatoms. The maximum Gasteiger partial charge on any atom is 0.258 e. The normalized spacial score (nSPS) is 11.3. The van der Waals surface area contributed by atoms with Crippen molar-refractivity contribution in [2.24, 2.45) is 0 Å². The van der Waals surface area contributed by atoms with Gasteiger partial charge in [-0.05, 0) is 55.7 Å². The molecule has 2 N–H and O–H groups in total. The van der Waals surface area contributed by atoms with Crippen molar-refractivity contribution >= 4 is 21.6 Å². The maximum atomic E-state index is 14.3. The average Bonchev–Trinajstić information content (AvgIpc) is 2.70. The molecule has 0 atom stereocenters. The number of rotatable bonds is 6. The number of carbonyl (C=O) groups is 1. The van der Waals surface area contributed by atoms with Crippen LogP contribution in [0.2, 0.25) is 0 Å². The number of anilines is 1. The molecule has 0 aliphatic rings. The molecule has 0 saturated carbocycles. The fraction of sp³-hybridized carbons (Fsp3) is 0.174. The van der Waals surface area contributed by atoms with E-state index in [9.17, 15) is 17.6 Å². The first-order valence-electron chi connectivity index (χ1n) is 9.40. The number of hydrogen-bond donors (Lipinski definition) is 2. The highest BCUT2D eigenvalue weighted by atomic mass is 32.2. The highest BCUT2D eigenvalue weighted by Crippen LogP contribution is 2.22. The Hall–Kier alpha value is -3.03. The van der Waals surface area contributed by atoms with Gasteiger partial charge in [-0.25, -0.2) is 17.5 Å². The minimum Gasteiger partial charge on any atom is -0.321 e. The molecule has 30 heavy (non-hydrogen) atoms. The molecule has 3 aromatic rings. The summed E-state index contributed by atoms with van der Waals surface area (Å²) < 4.78 is 42.1. The summed E-state index contributed by atoms with van der Waals surface area (Å²) in [5.74, 6) is -1.50. The molecule has 0 aromatic heterocycles. The molecule has 0 heterocycles. The second kappa shape index (κ2) is 8.77. The van der Waals surface area contributed by atoms with Crippen molar-refractivity contribution in [1.29, 1.82) is 0 Å². The van der Waals surface area contributed by atoms with E-state index in [1.807, 2.05) is 63.2 Å². The van der Waals surface area contributed by atoms with Crippen LogP contribution in [-0.2, 0) is 16.6 Å². The molecule has 156 valence electrons. The van der Waals surface area contributed by atoms with E-state index < -0.39 is 21.7 Å². The lowest BCUT2D eigenvalue weighted by molar-refractivity contribution is 0.102. The number of amides is 1. The van der Waals surface area contributed by atoms with Gasteiger partial charge in [0.25, 0.3) is 5.91 Å². The van der Waals surface area contributed by atoms with Crippen molar-refractivity contribution in [2.45, 2.75) is 32.2 Å². The van der Waals surface area contributed by atoms with Crippen LogP contribution in [0.5, 0.6) is 0 Å². The Morgan fingerprint density at radius 1 is 0.933 bits per heavy atom. The molecule has 0 spiro atoms. The highest BCUT2D eigenvalue weighted by Gasteiger charge is 2.20. The summed E-state index contributed by atoms with van der Waals surface area (Å²) >= 11 is 0. The molecular formula is C23H23FN2O3S. The summed E-state index contributed by atoms with van der Waals surface area (Å²) in [5, 5.41) is 2.68. The number of para-hydroxylation sites is 1. The molecule has 0 aliphatic carbocycles. The lowest BCUT2D eigenvalue weighted by Crippen LogP contribution is -2.24. The van der Waals surface area contributed by atoms with E-state index in [4.69, 9.17) is 0 Å². The van der Waals surface area contributed by atoms with Gasteiger partial charge in [0.05, 0.1) is 10.5 Å². The van der Waals surface area contributed by atoms with Gasteiger partial charge in [-0.1, -0.05) is 48.0 Å². The molecular weight excluding hydrogens is 403 g/mol. The van der Waals surface area contributed by atoms with Crippen molar-refractivity contribution in [3.05, 3.63) is 94.3 Å². The number of nitrogens with one attached hydrogen (secondary N) is 2. The van der Waals surface area contributed by atoms with Crippen molar-refractivity contribution in [1.82, 2.24) is 4.72 Å². The van der Waals surface area contributed by atoms with Gasteiger partial charge in [0.15, 0.2) is 0 Å².